The van der Waals surface area contributed by atoms with Crippen LogP contribution in [0.2, 0.25) is 0 Å². The van der Waals surface area contributed by atoms with Crippen molar-refractivity contribution in [2.24, 2.45) is 11.8 Å². The van der Waals surface area contributed by atoms with E-state index in [1.165, 1.54) is 38.5 Å². The van der Waals surface area contributed by atoms with Gasteiger partial charge in [-0.1, -0.05) is 19.8 Å². The number of aliphatic hydroxyl groups is 1. The summed E-state index contributed by atoms with van der Waals surface area (Å²) < 4.78 is 0. The smallest absolute Gasteiger partial charge is 0.0771 e. The van der Waals surface area contributed by atoms with Gasteiger partial charge in [0.25, 0.3) is 0 Å². The van der Waals surface area contributed by atoms with Crippen LogP contribution in [0, 0.1) is 11.8 Å². The minimum atomic E-state index is -0.398. The van der Waals surface area contributed by atoms with Gasteiger partial charge < -0.3 is 10.4 Å². The van der Waals surface area contributed by atoms with Crippen molar-refractivity contribution in [2.45, 2.75) is 63.9 Å². The molecule has 2 fully saturated rings. The maximum atomic E-state index is 10.4. The summed E-state index contributed by atoms with van der Waals surface area (Å²) in [7, 11) is 0. The van der Waals surface area contributed by atoms with E-state index in [0.717, 1.165) is 37.8 Å². The van der Waals surface area contributed by atoms with E-state index in [2.05, 4.69) is 12.2 Å². The van der Waals surface area contributed by atoms with Crippen molar-refractivity contribution < 1.29 is 5.11 Å². The van der Waals surface area contributed by atoms with Crippen LogP contribution in [0.25, 0.3) is 0 Å². The summed E-state index contributed by atoms with van der Waals surface area (Å²) in [5.74, 6) is 1.70. The van der Waals surface area contributed by atoms with E-state index in [-0.39, 0.29) is 0 Å². The Labute approximate surface area is 99.8 Å². The van der Waals surface area contributed by atoms with Gasteiger partial charge in [-0.3, -0.25) is 0 Å². The zero-order valence-corrected chi connectivity index (χ0v) is 10.7. The Balaban J connectivity index is 1.64. The van der Waals surface area contributed by atoms with Crippen LogP contribution < -0.4 is 5.32 Å². The van der Waals surface area contributed by atoms with E-state index in [0.29, 0.717) is 0 Å². The van der Waals surface area contributed by atoms with Gasteiger partial charge in [-0.15, -0.1) is 0 Å². The van der Waals surface area contributed by atoms with Gasteiger partial charge in [-0.2, -0.15) is 0 Å². The number of hydrogen-bond donors (Lipinski definition) is 2. The molecule has 2 nitrogen and oxygen atoms in total. The third kappa shape index (κ3) is 3.46. The Morgan fingerprint density at radius 2 is 1.75 bits per heavy atom. The van der Waals surface area contributed by atoms with Crippen molar-refractivity contribution in [1.82, 2.24) is 5.32 Å². The average molecular weight is 225 g/mol. The fourth-order valence-corrected chi connectivity index (χ4v) is 3.20. The molecule has 2 rings (SSSR count). The van der Waals surface area contributed by atoms with E-state index < -0.39 is 5.60 Å². The topological polar surface area (TPSA) is 32.3 Å². The quantitative estimate of drug-likeness (QED) is 0.771. The molecule has 0 saturated heterocycles. The van der Waals surface area contributed by atoms with Crippen LogP contribution in [0.1, 0.15) is 58.3 Å². The first-order valence-corrected chi connectivity index (χ1v) is 7.11. The van der Waals surface area contributed by atoms with Crippen molar-refractivity contribution in [2.75, 3.05) is 13.1 Å². The third-order valence-electron chi connectivity index (χ3n) is 4.57. The van der Waals surface area contributed by atoms with E-state index in [1.54, 1.807) is 0 Å². The highest BCUT2D eigenvalue weighted by atomic mass is 16.3. The van der Waals surface area contributed by atoms with Crippen molar-refractivity contribution in [3.05, 3.63) is 0 Å². The number of nitrogens with one attached hydrogen (secondary N) is 1. The summed E-state index contributed by atoms with van der Waals surface area (Å²) in [6.45, 7) is 4.24. The summed E-state index contributed by atoms with van der Waals surface area (Å²) in [6, 6.07) is 0. The third-order valence-corrected chi connectivity index (χ3v) is 4.57. The Kier molecular flexibility index (Phi) is 4.26. The minimum Gasteiger partial charge on any atom is -0.389 e. The van der Waals surface area contributed by atoms with Gasteiger partial charge in [0.2, 0.25) is 0 Å². The molecule has 0 aromatic heterocycles. The number of rotatable bonds is 4. The molecule has 0 unspecified atom stereocenters. The molecule has 0 amide bonds. The molecule has 0 aromatic carbocycles. The predicted octanol–water partition coefficient (Wildman–Crippen LogP) is 2.71. The highest BCUT2D eigenvalue weighted by Gasteiger charge is 2.31. The lowest BCUT2D eigenvalue weighted by molar-refractivity contribution is -0.00655. The van der Waals surface area contributed by atoms with Gasteiger partial charge in [-0.25, -0.2) is 0 Å². The first-order valence-electron chi connectivity index (χ1n) is 7.11. The van der Waals surface area contributed by atoms with Crippen LogP contribution in [-0.2, 0) is 0 Å². The maximum absolute atomic E-state index is 10.4. The first-order chi connectivity index (χ1) is 7.68. The summed E-state index contributed by atoms with van der Waals surface area (Å²) in [5.41, 5.74) is -0.398. The fraction of sp³-hybridized carbons (Fsp3) is 1.00. The van der Waals surface area contributed by atoms with E-state index in [9.17, 15) is 5.11 Å². The van der Waals surface area contributed by atoms with Crippen molar-refractivity contribution >= 4 is 0 Å². The molecular weight excluding hydrogens is 198 g/mol. The lowest BCUT2D eigenvalue weighted by Gasteiger charge is -2.35. The van der Waals surface area contributed by atoms with Gasteiger partial charge in [0.05, 0.1) is 5.60 Å². The molecule has 2 aliphatic carbocycles. The second-order valence-electron chi connectivity index (χ2n) is 6.19. The second-order valence-corrected chi connectivity index (χ2v) is 6.19. The molecule has 2 N–H and O–H groups in total. The lowest BCUT2D eigenvalue weighted by Crippen LogP contribution is -2.44. The molecule has 2 aliphatic rings. The van der Waals surface area contributed by atoms with Crippen molar-refractivity contribution in [3.8, 4) is 0 Å². The normalized spacial score (nSPS) is 36.8. The Morgan fingerprint density at radius 1 is 1.12 bits per heavy atom. The monoisotopic (exact) mass is 225 g/mol. The molecule has 94 valence electrons. The first kappa shape index (κ1) is 12.4. The van der Waals surface area contributed by atoms with E-state index in [4.69, 9.17) is 0 Å². The van der Waals surface area contributed by atoms with Crippen LogP contribution in [-0.4, -0.2) is 23.8 Å². The molecule has 2 heteroatoms. The van der Waals surface area contributed by atoms with Gasteiger partial charge in [0.1, 0.15) is 0 Å². The largest absolute Gasteiger partial charge is 0.389 e. The summed E-state index contributed by atoms with van der Waals surface area (Å²) in [5, 5.41) is 13.9. The Bertz CT molecular complexity index is 203. The highest BCUT2D eigenvalue weighted by Crippen LogP contribution is 2.31. The van der Waals surface area contributed by atoms with Gasteiger partial charge in [0.15, 0.2) is 0 Å². The minimum absolute atomic E-state index is 0.398. The Hall–Kier alpha value is -0.0800. The Morgan fingerprint density at radius 3 is 2.38 bits per heavy atom. The standard InChI is InChI=1S/C14H27NO/c1-12-6-8-14(16,9-7-12)11-15-10-13-4-2-3-5-13/h12-13,15-16H,2-11H2,1H3. The fourth-order valence-electron chi connectivity index (χ4n) is 3.20. The van der Waals surface area contributed by atoms with Gasteiger partial charge in [0, 0.05) is 6.54 Å². The predicted molar refractivity (Wildman–Crippen MR) is 67.4 cm³/mol. The van der Waals surface area contributed by atoms with Crippen LogP contribution in [0.15, 0.2) is 0 Å². The van der Waals surface area contributed by atoms with Crippen molar-refractivity contribution in [1.29, 1.82) is 0 Å². The maximum Gasteiger partial charge on any atom is 0.0771 e. The van der Waals surface area contributed by atoms with E-state index in [1.807, 2.05) is 0 Å². The van der Waals surface area contributed by atoms with Crippen LogP contribution >= 0.6 is 0 Å². The molecule has 0 heterocycles. The molecule has 16 heavy (non-hydrogen) atoms. The second kappa shape index (κ2) is 5.50. The zero-order chi connectivity index (χ0) is 11.4. The van der Waals surface area contributed by atoms with Gasteiger partial charge in [-0.05, 0) is 56.9 Å². The van der Waals surface area contributed by atoms with E-state index >= 15 is 0 Å². The zero-order valence-electron chi connectivity index (χ0n) is 10.7. The molecule has 0 spiro atoms. The molecule has 0 atom stereocenters. The molecular formula is C14H27NO. The summed E-state index contributed by atoms with van der Waals surface area (Å²) >= 11 is 0. The summed E-state index contributed by atoms with van der Waals surface area (Å²) in [6.07, 6.45) is 9.98. The molecule has 2 saturated carbocycles. The SMILES string of the molecule is CC1CCC(O)(CNCC2CCCC2)CC1. The average Bonchev–Trinajstić information content (AvgIpc) is 2.76. The highest BCUT2D eigenvalue weighted by molar-refractivity contribution is 4.86. The van der Waals surface area contributed by atoms with Crippen LogP contribution in [0.5, 0.6) is 0 Å². The van der Waals surface area contributed by atoms with Gasteiger partial charge >= 0.3 is 0 Å². The summed E-state index contributed by atoms with van der Waals surface area (Å²) in [4.78, 5) is 0. The molecule has 0 aromatic rings. The van der Waals surface area contributed by atoms with Crippen LogP contribution in [0.4, 0.5) is 0 Å². The molecule has 0 aliphatic heterocycles. The molecule has 0 radical (unpaired) electrons. The molecule has 0 bridgehead atoms. The van der Waals surface area contributed by atoms with Crippen LogP contribution in [0.3, 0.4) is 0 Å². The lowest BCUT2D eigenvalue weighted by atomic mass is 9.79. The number of hydrogen-bond acceptors (Lipinski definition) is 2. The van der Waals surface area contributed by atoms with Crippen molar-refractivity contribution in [3.63, 3.8) is 0 Å².